The van der Waals surface area contributed by atoms with Crippen LogP contribution in [0.2, 0.25) is 0 Å². The maximum Gasteiger partial charge on any atom is 0.221 e. The molecular weight excluding hydrogens is 168 g/mol. The third kappa shape index (κ3) is 2.67. The lowest BCUT2D eigenvalue weighted by Crippen LogP contribution is -2.39. The Kier molecular flexibility index (Phi) is 3.69. The van der Waals surface area contributed by atoms with E-state index in [4.69, 9.17) is 10.8 Å². The number of nitrogens with two attached hydrogens (primary N) is 1. The van der Waals surface area contributed by atoms with Crippen LogP contribution in [0.4, 0.5) is 0 Å². The highest BCUT2D eigenvalue weighted by molar-refractivity contribution is 5.76. The fourth-order valence-corrected chi connectivity index (χ4v) is 1.78. The molecule has 4 heteroatoms. The second kappa shape index (κ2) is 4.58. The molecule has 1 heterocycles. The van der Waals surface area contributed by atoms with Crippen LogP contribution in [0, 0.1) is 5.92 Å². The average molecular weight is 186 g/mol. The molecular formula is C9H18N2O2. The molecule has 0 aliphatic carbocycles. The summed E-state index contributed by atoms with van der Waals surface area (Å²) in [6, 6.07) is 0.238. The number of nitrogens with zero attached hydrogens (tertiary/aromatic N) is 1. The molecule has 1 rings (SSSR count). The van der Waals surface area contributed by atoms with E-state index >= 15 is 0 Å². The first-order valence-corrected chi connectivity index (χ1v) is 4.79. The van der Waals surface area contributed by atoms with Crippen molar-refractivity contribution in [2.75, 3.05) is 19.7 Å². The molecule has 0 aromatic carbocycles. The lowest BCUT2D eigenvalue weighted by Gasteiger charge is -2.24. The second-order valence-corrected chi connectivity index (χ2v) is 3.78. The quantitative estimate of drug-likeness (QED) is 0.625. The molecule has 0 radical (unpaired) electrons. The molecule has 2 atom stereocenters. The topological polar surface area (TPSA) is 66.6 Å². The van der Waals surface area contributed by atoms with E-state index < -0.39 is 0 Å². The summed E-state index contributed by atoms with van der Waals surface area (Å²) in [5, 5.41) is 9.03. The van der Waals surface area contributed by atoms with Gasteiger partial charge in [0.25, 0.3) is 0 Å². The number of carbonyl (C=O) groups is 1. The lowest BCUT2D eigenvalue weighted by molar-refractivity contribution is -0.122. The second-order valence-electron chi connectivity index (χ2n) is 3.78. The molecule has 13 heavy (non-hydrogen) atoms. The van der Waals surface area contributed by atoms with E-state index in [1.807, 2.05) is 6.92 Å². The van der Waals surface area contributed by atoms with Crippen molar-refractivity contribution in [1.29, 1.82) is 0 Å². The van der Waals surface area contributed by atoms with Crippen LogP contribution in [0.3, 0.4) is 0 Å². The largest absolute Gasteiger partial charge is 0.395 e. The van der Waals surface area contributed by atoms with E-state index in [0.717, 1.165) is 19.4 Å². The van der Waals surface area contributed by atoms with Crippen molar-refractivity contribution in [2.45, 2.75) is 25.8 Å². The molecule has 4 nitrogen and oxygen atoms in total. The van der Waals surface area contributed by atoms with Crippen molar-refractivity contribution >= 4 is 5.91 Å². The Morgan fingerprint density at radius 3 is 3.00 bits per heavy atom. The van der Waals surface area contributed by atoms with Gasteiger partial charge in [-0.15, -0.1) is 0 Å². The maximum atomic E-state index is 10.8. The van der Waals surface area contributed by atoms with E-state index in [9.17, 15) is 4.79 Å². The number of amides is 1. The van der Waals surface area contributed by atoms with Crippen LogP contribution < -0.4 is 5.73 Å². The Morgan fingerprint density at radius 1 is 1.77 bits per heavy atom. The van der Waals surface area contributed by atoms with Crippen molar-refractivity contribution in [3.8, 4) is 0 Å². The number of aliphatic hydroxyl groups excluding tert-OH is 1. The molecule has 1 saturated heterocycles. The van der Waals surface area contributed by atoms with E-state index in [1.165, 1.54) is 0 Å². The zero-order valence-corrected chi connectivity index (χ0v) is 8.07. The van der Waals surface area contributed by atoms with Gasteiger partial charge in [0.2, 0.25) is 5.91 Å². The predicted octanol–water partition coefficient (Wildman–Crippen LogP) is -0.435. The Labute approximate surface area is 78.7 Å². The first-order valence-electron chi connectivity index (χ1n) is 4.79. The highest BCUT2D eigenvalue weighted by Crippen LogP contribution is 2.17. The van der Waals surface area contributed by atoms with Crippen molar-refractivity contribution in [1.82, 2.24) is 4.90 Å². The molecule has 1 aliphatic rings. The van der Waals surface area contributed by atoms with Crippen molar-refractivity contribution in [3.05, 3.63) is 0 Å². The van der Waals surface area contributed by atoms with Gasteiger partial charge < -0.3 is 10.8 Å². The van der Waals surface area contributed by atoms with Gasteiger partial charge in [-0.1, -0.05) is 6.92 Å². The van der Waals surface area contributed by atoms with Crippen LogP contribution in [0.1, 0.15) is 19.8 Å². The normalized spacial score (nSPS) is 26.2. The number of aliphatic hydroxyl groups is 1. The molecule has 1 amide bonds. The summed E-state index contributed by atoms with van der Waals surface area (Å²) in [5.41, 5.74) is 5.17. The smallest absolute Gasteiger partial charge is 0.221 e. The van der Waals surface area contributed by atoms with Crippen molar-refractivity contribution < 1.29 is 9.90 Å². The Bertz CT molecular complexity index is 184. The summed E-state index contributed by atoms with van der Waals surface area (Å²) in [5.74, 6) is -0.379. The van der Waals surface area contributed by atoms with Crippen molar-refractivity contribution in [3.63, 3.8) is 0 Å². The number of primary amides is 1. The van der Waals surface area contributed by atoms with Gasteiger partial charge >= 0.3 is 0 Å². The average Bonchev–Trinajstić information content (AvgIpc) is 2.51. The monoisotopic (exact) mass is 186 g/mol. The van der Waals surface area contributed by atoms with Crippen LogP contribution in [-0.2, 0) is 4.79 Å². The van der Waals surface area contributed by atoms with Crippen LogP contribution in [0.5, 0.6) is 0 Å². The first-order chi connectivity index (χ1) is 6.15. The van der Waals surface area contributed by atoms with Crippen LogP contribution in [0.15, 0.2) is 0 Å². The number of hydrogen-bond donors (Lipinski definition) is 2. The number of likely N-dealkylation sites (tertiary alicyclic amines) is 1. The summed E-state index contributed by atoms with van der Waals surface area (Å²) in [6.07, 6.45) is 2.14. The molecule has 1 aliphatic heterocycles. The van der Waals surface area contributed by atoms with E-state index in [1.54, 1.807) is 0 Å². The zero-order valence-electron chi connectivity index (χ0n) is 8.07. The van der Waals surface area contributed by atoms with Gasteiger partial charge in [-0.05, 0) is 19.4 Å². The van der Waals surface area contributed by atoms with Crippen LogP contribution in [-0.4, -0.2) is 41.7 Å². The number of hydrogen-bond acceptors (Lipinski definition) is 3. The molecule has 0 spiro atoms. The van der Waals surface area contributed by atoms with Gasteiger partial charge in [0.15, 0.2) is 0 Å². The van der Waals surface area contributed by atoms with Gasteiger partial charge in [0.1, 0.15) is 0 Å². The number of carbonyl (C=O) groups excluding carboxylic acids is 1. The van der Waals surface area contributed by atoms with E-state index in [-0.39, 0.29) is 24.5 Å². The summed E-state index contributed by atoms with van der Waals surface area (Å²) in [7, 11) is 0. The molecule has 3 N–H and O–H groups in total. The molecule has 1 fully saturated rings. The maximum absolute atomic E-state index is 10.8. The number of rotatable bonds is 4. The van der Waals surface area contributed by atoms with E-state index in [2.05, 4.69) is 4.90 Å². The van der Waals surface area contributed by atoms with Crippen molar-refractivity contribution in [2.24, 2.45) is 11.7 Å². The van der Waals surface area contributed by atoms with Crippen LogP contribution in [0.25, 0.3) is 0 Å². The van der Waals surface area contributed by atoms with Gasteiger partial charge in [0, 0.05) is 18.5 Å². The minimum atomic E-state index is -0.261. The lowest BCUT2D eigenvalue weighted by atomic mass is 10.1. The third-order valence-electron chi connectivity index (χ3n) is 2.70. The minimum Gasteiger partial charge on any atom is -0.395 e. The molecule has 0 aromatic heterocycles. The summed E-state index contributed by atoms with van der Waals surface area (Å²) in [4.78, 5) is 13.0. The van der Waals surface area contributed by atoms with Gasteiger partial charge in [-0.3, -0.25) is 9.69 Å². The molecule has 0 bridgehead atoms. The molecule has 0 saturated carbocycles. The van der Waals surface area contributed by atoms with Gasteiger partial charge in [-0.2, -0.15) is 0 Å². The fourth-order valence-electron chi connectivity index (χ4n) is 1.78. The predicted molar refractivity (Wildman–Crippen MR) is 50.0 cm³/mol. The third-order valence-corrected chi connectivity index (χ3v) is 2.70. The highest BCUT2D eigenvalue weighted by atomic mass is 16.3. The van der Waals surface area contributed by atoms with Crippen LogP contribution >= 0.6 is 0 Å². The highest BCUT2D eigenvalue weighted by Gasteiger charge is 2.25. The zero-order chi connectivity index (χ0) is 9.84. The first kappa shape index (κ1) is 10.5. The molecule has 1 unspecified atom stereocenters. The SMILES string of the molecule is CC(CN1CCC[C@H]1CO)C(N)=O. The summed E-state index contributed by atoms with van der Waals surface area (Å²) in [6.45, 7) is 3.67. The minimum absolute atomic E-state index is 0.118. The summed E-state index contributed by atoms with van der Waals surface area (Å²) >= 11 is 0. The Balaban J connectivity index is 2.39. The molecule has 76 valence electrons. The van der Waals surface area contributed by atoms with Gasteiger partial charge in [0.05, 0.1) is 6.61 Å². The molecule has 0 aromatic rings. The fraction of sp³-hybridized carbons (Fsp3) is 0.889. The standard InChI is InChI=1S/C9H18N2O2/c1-7(9(10)13)5-11-4-2-3-8(11)6-12/h7-8,12H,2-6H2,1H3,(H2,10,13)/t7?,8-/m0/s1. The van der Waals surface area contributed by atoms with E-state index in [0.29, 0.717) is 6.54 Å². The Morgan fingerprint density at radius 2 is 2.46 bits per heavy atom. The summed E-state index contributed by atoms with van der Waals surface area (Å²) < 4.78 is 0. The Hall–Kier alpha value is -0.610. The van der Waals surface area contributed by atoms with Gasteiger partial charge in [-0.25, -0.2) is 0 Å².